The zero-order chi connectivity index (χ0) is 21.2. The Labute approximate surface area is 184 Å². The Kier molecular flexibility index (Phi) is 5.40. The van der Waals surface area contributed by atoms with Crippen LogP contribution < -0.4 is 4.90 Å². The number of fused-ring (bicyclic) bond motifs is 1. The van der Waals surface area contributed by atoms with Crippen LogP contribution in [0.1, 0.15) is 17.2 Å². The number of nitrogens with zero attached hydrogens (tertiary/aromatic N) is 6. The van der Waals surface area contributed by atoms with Gasteiger partial charge in [0.2, 0.25) is 5.91 Å². The summed E-state index contributed by atoms with van der Waals surface area (Å²) in [6.07, 6.45) is 2.09. The summed E-state index contributed by atoms with van der Waals surface area (Å²) in [4.78, 5) is 16.8. The summed E-state index contributed by atoms with van der Waals surface area (Å²) >= 11 is 6.09. The molecule has 0 bridgehead atoms. The van der Waals surface area contributed by atoms with E-state index in [0.717, 1.165) is 16.8 Å². The largest absolute Gasteiger partial charge is 0.378 e. The highest BCUT2D eigenvalue weighted by Gasteiger charge is 2.33. The number of ether oxygens (including phenoxy) is 1. The smallest absolute Gasteiger partial charge is 0.251 e. The molecule has 0 saturated carbocycles. The van der Waals surface area contributed by atoms with Gasteiger partial charge in [-0.3, -0.25) is 9.69 Å². The van der Waals surface area contributed by atoms with Crippen molar-refractivity contribution in [1.29, 1.82) is 0 Å². The first kappa shape index (κ1) is 19.7. The number of halogens is 1. The number of allylic oxidation sites excluding steroid dienone is 1. The SMILES string of the molecule is O=C(CN1C(c2ccccc2)=C[C@H](c2ccc(Cl)cc2)n2nnnc21)N1CCOCC1. The van der Waals surface area contributed by atoms with E-state index in [-0.39, 0.29) is 18.5 Å². The van der Waals surface area contributed by atoms with Crippen molar-refractivity contribution in [3.8, 4) is 0 Å². The molecule has 0 radical (unpaired) electrons. The highest BCUT2D eigenvalue weighted by atomic mass is 35.5. The molecule has 3 heterocycles. The molecule has 1 aromatic heterocycles. The molecule has 1 saturated heterocycles. The molecule has 2 aliphatic heterocycles. The number of hydrogen-bond acceptors (Lipinski definition) is 6. The lowest BCUT2D eigenvalue weighted by Gasteiger charge is -2.34. The molecule has 5 rings (SSSR count). The molecular weight excluding hydrogens is 416 g/mol. The van der Waals surface area contributed by atoms with Crippen LogP contribution in [-0.4, -0.2) is 63.9 Å². The van der Waals surface area contributed by atoms with Crippen LogP contribution in [-0.2, 0) is 9.53 Å². The second-order valence-corrected chi connectivity index (χ2v) is 7.85. The number of anilines is 1. The van der Waals surface area contributed by atoms with Gasteiger partial charge in [-0.15, -0.1) is 0 Å². The quantitative estimate of drug-likeness (QED) is 0.625. The lowest BCUT2D eigenvalue weighted by atomic mass is 10.0. The van der Waals surface area contributed by atoms with E-state index < -0.39 is 0 Å². The Morgan fingerprint density at radius 1 is 1.06 bits per heavy atom. The number of morpholine rings is 1. The Morgan fingerprint density at radius 3 is 2.55 bits per heavy atom. The van der Waals surface area contributed by atoms with Crippen LogP contribution in [0.15, 0.2) is 60.7 Å². The highest BCUT2D eigenvalue weighted by Crippen LogP contribution is 2.36. The molecular formula is C22H21ClN6O2. The molecule has 0 spiro atoms. The fourth-order valence-corrected chi connectivity index (χ4v) is 4.05. The Balaban J connectivity index is 1.55. The number of amides is 1. The molecule has 2 aromatic carbocycles. The third-order valence-corrected chi connectivity index (χ3v) is 5.78. The minimum absolute atomic E-state index is 0.0182. The minimum atomic E-state index is -0.216. The summed E-state index contributed by atoms with van der Waals surface area (Å²) in [5.74, 6) is 0.549. The van der Waals surface area contributed by atoms with Crippen molar-refractivity contribution in [3.05, 3.63) is 76.8 Å². The van der Waals surface area contributed by atoms with E-state index in [1.165, 1.54) is 0 Å². The van der Waals surface area contributed by atoms with E-state index in [4.69, 9.17) is 16.3 Å². The predicted octanol–water partition coefficient (Wildman–Crippen LogP) is 2.64. The maximum absolute atomic E-state index is 13.1. The average molecular weight is 437 g/mol. The van der Waals surface area contributed by atoms with Crippen LogP contribution >= 0.6 is 11.6 Å². The van der Waals surface area contributed by atoms with Gasteiger partial charge in [-0.25, -0.2) is 0 Å². The first-order chi connectivity index (χ1) is 15.2. The minimum Gasteiger partial charge on any atom is -0.378 e. The number of carbonyl (C=O) groups excluding carboxylic acids is 1. The molecule has 8 nitrogen and oxygen atoms in total. The summed E-state index contributed by atoms with van der Waals surface area (Å²) in [7, 11) is 0. The normalized spacial score (nSPS) is 18.5. The van der Waals surface area contributed by atoms with Gasteiger partial charge in [0, 0.05) is 18.1 Å². The van der Waals surface area contributed by atoms with E-state index in [2.05, 4.69) is 21.6 Å². The van der Waals surface area contributed by atoms with Gasteiger partial charge >= 0.3 is 0 Å². The molecule has 0 N–H and O–H groups in total. The van der Waals surface area contributed by atoms with Gasteiger partial charge in [-0.2, -0.15) is 4.68 Å². The Morgan fingerprint density at radius 2 is 1.81 bits per heavy atom. The van der Waals surface area contributed by atoms with E-state index in [9.17, 15) is 4.79 Å². The summed E-state index contributed by atoms with van der Waals surface area (Å²) in [5.41, 5.74) is 2.89. The first-order valence-electron chi connectivity index (χ1n) is 10.1. The van der Waals surface area contributed by atoms with Crippen molar-refractivity contribution in [2.24, 2.45) is 0 Å². The van der Waals surface area contributed by atoms with E-state index in [1.807, 2.05) is 64.4 Å². The number of benzene rings is 2. The van der Waals surface area contributed by atoms with Crippen LogP contribution in [0.4, 0.5) is 5.95 Å². The second kappa shape index (κ2) is 8.49. The van der Waals surface area contributed by atoms with Crippen LogP contribution in [0.2, 0.25) is 5.02 Å². The number of carbonyl (C=O) groups is 1. The fraction of sp³-hybridized carbons (Fsp3) is 0.273. The maximum Gasteiger partial charge on any atom is 0.251 e. The lowest BCUT2D eigenvalue weighted by Crippen LogP contribution is -2.46. The predicted molar refractivity (Wildman–Crippen MR) is 117 cm³/mol. The van der Waals surface area contributed by atoms with Gasteiger partial charge in [-0.05, 0) is 39.8 Å². The highest BCUT2D eigenvalue weighted by molar-refractivity contribution is 6.30. The molecule has 1 amide bonds. The van der Waals surface area contributed by atoms with Crippen molar-refractivity contribution in [3.63, 3.8) is 0 Å². The number of tetrazole rings is 1. The van der Waals surface area contributed by atoms with E-state index in [0.29, 0.717) is 37.3 Å². The molecule has 9 heteroatoms. The van der Waals surface area contributed by atoms with Crippen LogP contribution in [0.25, 0.3) is 5.70 Å². The Bertz CT molecular complexity index is 1090. The van der Waals surface area contributed by atoms with Crippen LogP contribution in [0, 0.1) is 0 Å². The van der Waals surface area contributed by atoms with Gasteiger partial charge in [0.1, 0.15) is 12.6 Å². The van der Waals surface area contributed by atoms with Gasteiger partial charge in [0.15, 0.2) is 0 Å². The molecule has 1 fully saturated rings. The molecule has 3 aromatic rings. The van der Waals surface area contributed by atoms with Gasteiger partial charge < -0.3 is 9.64 Å². The zero-order valence-electron chi connectivity index (χ0n) is 16.8. The van der Waals surface area contributed by atoms with Gasteiger partial charge in [0.25, 0.3) is 5.95 Å². The van der Waals surface area contributed by atoms with Crippen molar-refractivity contribution < 1.29 is 9.53 Å². The summed E-state index contributed by atoms with van der Waals surface area (Å²) < 4.78 is 7.12. The summed E-state index contributed by atoms with van der Waals surface area (Å²) in [6.45, 7) is 2.45. The third-order valence-electron chi connectivity index (χ3n) is 5.53. The zero-order valence-corrected chi connectivity index (χ0v) is 17.5. The number of aromatic nitrogens is 4. The summed E-state index contributed by atoms with van der Waals surface area (Å²) in [5, 5.41) is 13.1. The first-order valence-corrected chi connectivity index (χ1v) is 10.5. The topological polar surface area (TPSA) is 76.4 Å². The molecule has 0 aliphatic carbocycles. The summed E-state index contributed by atoms with van der Waals surface area (Å²) in [6, 6.07) is 17.4. The van der Waals surface area contributed by atoms with Crippen molar-refractivity contribution >= 4 is 29.2 Å². The monoisotopic (exact) mass is 436 g/mol. The van der Waals surface area contributed by atoms with Crippen LogP contribution in [0.3, 0.4) is 0 Å². The maximum atomic E-state index is 13.1. The molecule has 1 atom stereocenters. The number of rotatable bonds is 4. The average Bonchev–Trinajstić information content (AvgIpc) is 3.31. The van der Waals surface area contributed by atoms with Crippen LogP contribution in [0.5, 0.6) is 0 Å². The molecule has 158 valence electrons. The van der Waals surface area contributed by atoms with E-state index >= 15 is 0 Å². The molecule has 31 heavy (non-hydrogen) atoms. The Hall–Kier alpha value is -3.23. The van der Waals surface area contributed by atoms with Crippen molar-refractivity contribution in [1.82, 2.24) is 25.1 Å². The van der Waals surface area contributed by atoms with Crippen molar-refractivity contribution in [2.45, 2.75) is 6.04 Å². The van der Waals surface area contributed by atoms with Gasteiger partial charge in [0.05, 0.1) is 18.9 Å². The standard InChI is InChI=1S/C22H21ClN6O2/c23-18-8-6-17(7-9-18)20-14-19(16-4-2-1-3-5-16)28(22-24-25-26-29(20)22)15-21(30)27-10-12-31-13-11-27/h1-9,14,20H,10-13,15H2/t20-/m1/s1. The fourth-order valence-electron chi connectivity index (χ4n) is 3.93. The van der Waals surface area contributed by atoms with Crippen molar-refractivity contribution in [2.75, 3.05) is 37.7 Å². The number of hydrogen-bond donors (Lipinski definition) is 0. The molecule has 0 unspecified atom stereocenters. The van der Waals surface area contributed by atoms with Gasteiger partial charge in [-0.1, -0.05) is 59.2 Å². The second-order valence-electron chi connectivity index (χ2n) is 7.42. The molecule has 2 aliphatic rings. The third kappa shape index (κ3) is 3.92. The van der Waals surface area contributed by atoms with E-state index in [1.54, 1.807) is 4.68 Å². The lowest BCUT2D eigenvalue weighted by molar-refractivity contribution is -0.133.